The highest BCUT2D eigenvalue weighted by Gasteiger charge is 2.56. The van der Waals surface area contributed by atoms with Crippen LogP contribution in [0.25, 0.3) is 0 Å². The predicted molar refractivity (Wildman–Crippen MR) is 58.0 cm³/mol. The van der Waals surface area contributed by atoms with E-state index >= 15 is 0 Å². The molecule has 0 aliphatic heterocycles. The molecule has 0 radical (unpaired) electrons. The number of aliphatic carboxylic acids is 1. The van der Waals surface area contributed by atoms with Crippen molar-refractivity contribution in [1.29, 1.82) is 0 Å². The summed E-state index contributed by atoms with van der Waals surface area (Å²) in [6, 6.07) is 0. The van der Waals surface area contributed by atoms with Crippen molar-refractivity contribution in [1.82, 2.24) is 0 Å². The monoisotopic (exact) mass is 228 g/mol. The molecule has 2 rings (SSSR count). The zero-order valence-corrected chi connectivity index (χ0v) is 9.69. The third-order valence-corrected chi connectivity index (χ3v) is 4.36. The van der Waals surface area contributed by atoms with E-state index < -0.39 is 17.5 Å². The lowest BCUT2D eigenvalue weighted by atomic mass is 9.69. The molecule has 2 saturated carbocycles. The number of hydrogen-bond donors (Lipinski definition) is 2. The number of aliphatic hydroxyl groups is 1. The van der Waals surface area contributed by atoms with Gasteiger partial charge >= 0.3 is 5.97 Å². The minimum atomic E-state index is -0.727. The number of hydrogen-bond acceptors (Lipinski definition) is 3. The van der Waals surface area contributed by atoms with Crippen molar-refractivity contribution >= 4 is 5.97 Å². The molecule has 0 amide bonds. The zero-order chi connectivity index (χ0) is 11.8. The van der Waals surface area contributed by atoms with Crippen molar-refractivity contribution in [3.05, 3.63) is 0 Å². The maximum atomic E-state index is 11.5. The summed E-state index contributed by atoms with van der Waals surface area (Å²) in [5, 5.41) is 19.2. The van der Waals surface area contributed by atoms with E-state index in [1.165, 1.54) is 13.5 Å². The van der Waals surface area contributed by atoms with Crippen molar-refractivity contribution in [2.24, 2.45) is 17.3 Å². The number of aliphatic hydroxyl groups excluding tert-OH is 1. The van der Waals surface area contributed by atoms with Crippen molar-refractivity contribution in [2.75, 3.05) is 13.7 Å². The van der Waals surface area contributed by atoms with Gasteiger partial charge in [-0.25, -0.2) is 0 Å². The smallest absolute Gasteiger partial charge is 0.310 e. The Morgan fingerprint density at radius 2 is 2.31 bits per heavy atom. The summed E-state index contributed by atoms with van der Waals surface area (Å²) in [6.45, 7) is 0.229. The topological polar surface area (TPSA) is 66.8 Å². The van der Waals surface area contributed by atoms with Crippen LogP contribution in [0.4, 0.5) is 0 Å². The van der Waals surface area contributed by atoms with Crippen molar-refractivity contribution in [3.8, 4) is 0 Å². The number of rotatable bonds is 5. The van der Waals surface area contributed by atoms with Crippen LogP contribution in [-0.4, -0.2) is 36.0 Å². The number of fused-ring (bicyclic) bond motifs is 2. The molecule has 2 aliphatic rings. The van der Waals surface area contributed by atoms with Crippen LogP contribution < -0.4 is 0 Å². The Bertz CT molecular complexity index is 278. The number of carboxylic acids is 1. The molecule has 2 aliphatic carbocycles. The molecule has 0 spiro atoms. The predicted octanol–water partition coefficient (Wildman–Crippen LogP) is 1.27. The van der Waals surface area contributed by atoms with Gasteiger partial charge in [-0.15, -0.1) is 0 Å². The zero-order valence-electron chi connectivity index (χ0n) is 9.69. The quantitative estimate of drug-likeness (QED) is 0.743. The van der Waals surface area contributed by atoms with Gasteiger partial charge in [0.15, 0.2) is 0 Å². The summed E-state index contributed by atoms with van der Waals surface area (Å²) in [7, 11) is 1.53. The molecule has 0 heterocycles. The van der Waals surface area contributed by atoms with Crippen LogP contribution in [0.5, 0.6) is 0 Å². The van der Waals surface area contributed by atoms with Crippen LogP contribution in [-0.2, 0) is 9.53 Å². The molecule has 0 aromatic heterocycles. The fourth-order valence-electron chi connectivity index (χ4n) is 3.72. The molecule has 16 heavy (non-hydrogen) atoms. The van der Waals surface area contributed by atoms with Crippen LogP contribution in [0, 0.1) is 17.3 Å². The normalized spacial score (nSPS) is 38.9. The molecule has 4 nitrogen and oxygen atoms in total. The van der Waals surface area contributed by atoms with Gasteiger partial charge < -0.3 is 14.9 Å². The molecule has 4 atom stereocenters. The van der Waals surface area contributed by atoms with Gasteiger partial charge in [0.25, 0.3) is 0 Å². The second-order valence-electron chi connectivity index (χ2n) is 5.35. The van der Waals surface area contributed by atoms with Crippen molar-refractivity contribution in [2.45, 2.75) is 38.2 Å². The first-order valence-corrected chi connectivity index (χ1v) is 5.99. The third-order valence-electron chi connectivity index (χ3n) is 4.36. The number of ether oxygens (including phenoxy) is 1. The maximum absolute atomic E-state index is 11.5. The summed E-state index contributed by atoms with van der Waals surface area (Å²) in [5.74, 6) is 0.104. The minimum absolute atomic E-state index is 0.229. The lowest BCUT2D eigenvalue weighted by molar-refractivity contribution is -0.155. The minimum Gasteiger partial charge on any atom is -0.481 e. The Morgan fingerprint density at radius 3 is 2.75 bits per heavy atom. The molecule has 2 N–H and O–H groups in total. The van der Waals surface area contributed by atoms with Crippen molar-refractivity contribution < 1.29 is 19.7 Å². The summed E-state index contributed by atoms with van der Waals surface area (Å²) < 4.78 is 4.88. The van der Waals surface area contributed by atoms with E-state index in [0.717, 1.165) is 19.3 Å². The maximum Gasteiger partial charge on any atom is 0.310 e. The summed E-state index contributed by atoms with van der Waals surface area (Å²) in [4.78, 5) is 11.5. The van der Waals surface area contributed by atoms with Gasteiger partial charge in [0.1, 0.15) is 0 Å². The molecule has 92 valence electrons. The van der Waals surface area contributed by atoms with Gasteiger partial charge in [-0.2, -0.15) is 0 Å². The van der Waals surface area contributed by atoms with Crippen LogP contribution in [0.15, 0.2) is 0 Å². The molecule has 2 bridgehead atoms. The SMILES string of the molecule is COCC(O)CC1(C(=O)O)CC2CCC1C2. The largest absolute Gasteiger partial charge is 0.481 e. The van der Waals surface area contributed by atoms with E-state index in [0.29, 0.717) is 12.3 Å². The Hall–Kier alpha value is -0.610. The molecule has 2 fully saturated rings. The van der Waals surface area contributed by atoms with Gasteiger partial charge in [0.2, 0.25) is 0 Å². The Kier molecular flexibility index (Phi) is 3.22. The lowest BCUT2D eigenvalue weighted by Gasteiger charge is -2.35. The van der Waals surface area contributed by atoms with E-state index in [2.05, 4.69) is 0 Å². The highest BCUT2D eigenvalue weighted by Crippen LogP contribution is 2.58. The van der Waals surface area contributed by atoms with Gasteiger partial charge in [0, 0.05) is 7.11 Å². The van der Waals surface area contributed by atoms with E-state index in [4.69, 9.17) is 4.74 Å². The Labute approximate surface area is 95.6 Å². The molecule has 0 aromatic rings. The molecule has 4 unspecified atom stereocenters. The van der Waals surface area contributed by atoms with Crippen LogP contribution in [0.3, 0.4) is 0 Å². The number of carboxylic acid groups (broad SMARTS) is 1. The first-order valence-electron chi connectivity index (χ1n) is 5.99. The van der Waals surface area contributed by atoms with E-state index in [-0.39, 0.29) is 12.5 Å². The van der Waals surface area contributed by atoms with Gasteiger partial charge in [-0.05, 0) is 37.5 Å². The highest BCUT2D eigenvalue weighted by molar-refractivity contribution is 5.76. The average Bonchev–Trinajstić information content (AvgIpc) is 2.77. The van der Waals surface area contributed by atoms with Crippen LogP contribution >= 0.6 is 0 Å². The highest BCUT2D eigenvalue weighted by atomic mass is 16.5. The molecule has 4 heteroatoms. The summed E-state index contributed by atoms with van der Waals surface area (Å²) in [6.07, 6.45) is 3.65. The van der Waals surface area contributed by atoms with E-state index in [1.807, 2.05) is 0 Å². The van der Waals surface area contributed by atoms with E-state index in [1.54, 1.807) is 0 Å². The van der Waals surface area contributed by atoms with Gasteiger partial charge in [0.05, 0.1) is 18.1 Å². The van der Waals surface area contributed by atoms with E-state index in [9.17, 15) is 15.0 Å². The average molecular weight is 228 g/mol. The molecular weight excluding hydrogens is 208 g/mol. The third kappa shape index (κ3) is 1.84. The summed E-state index contributed by atoms with van der Waals surface area (Å²) >= 11 is 0. The molecular formula is C12H20O4. The Morgan fingerprint density at radius 1 is 1.56 bits per heavy atom. The fraction of sp³-hybridized carbons (Fsp3) is 0.917. The van der Waals surface area contributed by atoms with Gasteiger partial charge in [-0.3, -0.25) is 4.79 Å². The Balaban J connectivity index is 2.08. The first-order chi connectivity index (χ1) is 7.58. The standard InChI is InChI=1S/C12H20O4/c1-16-7-10(13)6-12(11(14)15)5-8-2-3-9(12)4-8/h8-10,13H,2-7H2,1H3,(H,14,15). The second-order valence-corrected chi connectivity index (χ2v) is 5.35. The number of methoxy groups -OCH3 is 1. The number of carbonyl (C=O) groups is 1. The summed E-state index contributed by atoms with van der Waals surface area (Å²) in [5.41, 5.74) is -0.680. The van der Waals surface area contributed by atoms with Gasteiger partial charge in [-0.1, -0.05) is 6.42 Å². The van der Waals surface area contributed by atoms with Crippen LogP contribution in [0.2, 0.25) is 0 Å². The first kappa shape index (κ1) is 11.9. The van der Waals surface area contributed by atoms with Crippen LogP contribution in [0.1, 0.15) is 32.1 Å². The fourth-order valence-corrected chi connectivity index (χ4v) is 3.72. The molecule has 0 aromatic carbocycles. The molecule has 0 saturated heterocycles. The van der Waals surface area contributed by atoms with Crippen molar-refractivity contribution in [3.63, 3.8) is 0 Å². The second kappa shape index (κ2) is 4.34. The lowest BCUT2D eigenvalue weighted by Crippen LogP contribution is -2.40.